The third-order valence-corrected chi connectivity index (χ3v) is 4.09. The molecule has 0 spiro atoms. The van der Waals surface area contributed by atoms with Gasteiger partial charge in [-0.2, -0.15) is 0 Å². The quantitative estimate of drug-likeness (QED) is 0.880. The Balaban J connectivity index is 2.42. The van der Waals surface area contributed by atoms with Crippen molar-refractivity contribution in [2.24, 2.45) is 0 Å². The fraction of sp³-hybridized carbons (Fsp3) is 0.250. The van der Waals surface area contributed by atoms with Crippen LogP contribution in [0.3, 0.4) is 0 Å². The van der Waals surface area contributed by atoms with Gasteiger partial charge in [-0.1, -0.05) is 35.3 Å². The van der Waals surface area contributed by atoms with Crippen LogP contribution in [0.5, 0.6) is 0 Å². The van der Waals surface area contributed by atoms with Crippen LogP contribution < -0.4 is 0 Å². The van der Waals surface area contributed by atoms with E-state index in [1.807, 2.05) is 0 Å². The first-order chi connectivity index (χ1) is 10.0. The summed E-state index contributed by atoms with van der Waals surface area (Å²) in [7, 11) is 0. The molecule has 0 heterocycles. The van der Waals surface area contributed by atoms with Gasteiger partial charge in [0.25, 0.3) is 0 Å². The van der Waals surface area contributed by atoms with Gasteiger partial charge >= 0.3 is 0 Å². The topological polar surface area (TPSA) is 40.5 Å². The van der Waals surface area contributed by atoms with E-state index in [1.165, 1.54) is 18.2 Å². The molecule has 112 valence electrons. The number of aliphatic hydroxyl groups is 2. The maximum Gasteiger partial charge on any atom is 0.126 e. The minimum absolute atomic E-state index is 0.133. The number of benzene rings is 2. The predicted octanol–water partition coefficient (Wildman–Crippen LogP) is 3.60. The smallest absolute Gasteiger partial charge is 0.126 e. The largest absolute Gasteiger partial charge is 0.395 e. The lowest BCUT2D eigenvalue weighted by molar-refractivity contribution is 0.115. The molecule has 2 nitrogen and oxygen atoms in total. The molecule has 0 saturated heterocycles. The normalized spacial score (nSPS) is 11.7. The Morgan fingerprint density at radius 2 is 1.48 bits per heavy atom. The van der Waals surface area contributed by atoms with Crippen molar-refractivity contribution in [3.63, 3.8) is 0 Å². The van der Waals surface area contributed by atoms with Crippen LogP contribution in [-0.4, -0.2) is 23.4 Å². The van der Waals surface area contributed by atoms with Gasteiger partial charge in [-0.3, -0.25) is 0 Å². The molecule has 2 N–H and O–H groups in total. The first kappa shape index (κ1) is 16.2. The van der Waals surface area contributed by atoms with Crippen LogP contribution in [-0.2, 0) is 11.8 Å². The molecule has 21 heavy (non-hydrogen) atoms. The van der Waals surface area contributed by atoms with Crippen molar-refractivity contribution in [2.45, 2.75) is 11.8 Å². The van der Waals surface area contributed by atoms with Gasteiger partial charge in [-0.25, -0.2) is 4.39 Å². The minimum atomic E-state index is -0.990. The van der Waals surface area contributed by atoms with Gasteiger partial charge in [0, 0.05) is 15.5 Å². The second-order valence-electron chi connectivity index (χ2n) is 5.02. The molecule has 0 aliphatic carbocycles. The fourth-order valence-corrected chi connectivity index (χ4v) is 2.61. The van der Waals surface area contributed by atoms with Crippen LogP contribution in [0.1, 0.15) is 11.1 Å². The summed E-state index contributed by atoms with van der Waals surface area (Å²) < 4.78 is 13.9. The van der Waals surface area contributed by atoms with E-state index in [9.17, 15) is 14.6 Å². The molecular weight excluding hydrogens is 314 g/mol. The maximum atomic E-state index is 13.9. The van der Waals surface area contributed by atoms with Crippen molar-refractivity contribution in [1.82, 2.24) is 0 Å². The molecule has 2 aromatic rings. The fourth-order valence-electron chi connectivity index (χ4n) is 2.29. The molecule has 0 fully saturated rings. The molecule has 0 saturated carbocycles. The van der Waals surface area contributed by atoms with E-state index in [-0.39, 0.29) is 19.6 Å². The number of hydrogen-bond acceptors (Lipinski definition) is 2. The van der Waals surface area contributed by atoms with Crippen LogP contribution in [0.25, 0.3) is 0 Å². The van der Waals surface area contributed by atoms with E-state index < -0.39 is 11.2 Å². The standard InChI is InChI=1S/C16H15Cl2FO2/c17-13-3-1-12(2-4-13)16(9-20,10-21)8-11-7-14(18)5-6-15(11)19/h1-7,20-21H,8-10H2. The van der Waals surface area contributed by atoms with Gasteiger partial charge in [0.15, 0.2) is 0 Å². The molecule has 0 aliphatic heterocycles. The summed E-state index contributed by atoms with van der Waals surface area (Å²) in [5, 5.41) is 20.5. The summed E-state index contributed by atoms with van der Waals surface area (Å²) >= 11 is 11.7. The third kappa shape index (κ3) is 3.55. The van der Waals surface area contributed by atoms with Crippen molar-refractivity contribution in [2.75, 3.05) is 13.2 Å². The first-order valence-corrected chi connectivity index (χ1v) is 7.18. The summed E-state index contributed by atoms with van der Waals surface area (Å²) in [5.41, 5.74) is 0.0488. The lowest BCUT2D eigenvalue weighted by Crippen LogP contribution is -2.37. The number of aliphatic hydroxyl groups excluding tert-OH is 2. The van der Waals surface area contributed by atoms with Gasteiger partial charge in [-0.15, -0.1) is 0 Å². The third-order valence-electron chi connectivity index (χ3n) is 3.60. The van der Waals surface area contributed by atoms with E-state index in [0.717, 1.165) is 0 Å². The summed E-state index contributed by atoms with van der Waals surface area (Å²) in [6.45, 7) is -0.645. The Morgan fingerprint density at radius 3 is 2.05 bits per heavy atom. The lowest BCUT2D eigenvalue weighted by atomic mass is 9.77. The molecule has 0 amide bonds. The van der Waals surface area contributed by atoms with Crippen LogP contribution >= 0.6 is 23.2 Å². The van der Waals surface area contributed by atoms with Crippen LogP contribution in [0.15, 0.2) is 42.5 Å². The molecule has 0 atom stereocenters. The van der Waals surface area contributed by atoms with Crippen molar-refractivity contribution in [3.05, 3.63) is 69.5 Å². The maximum absolute atomic E-state index is 13.9. The van der Waals surface area contributed by atoms with Crippen LogP contribution in [0.4, 0.5) is 4.39 Å². The molecule has 2 rings (SSSR count). The van der Waals surface area contributed by atoms with E-state index in [0.29, 0.717) is 21.2 Å². The minimum Gasteiger partial charge on any atom is -0.395 e. The number of hydrogen-bond donors (Lipinski definition) is 2. The summed E-state index contributed by atoms with van der Waals surface area (Å²) in [6.07, 6.45) is 0.133. The van der Waals surface area contributed by atoms with Crippen molar-refractivity contribution in [3.8, 4) is 0 Å². The van der Waals surface area contributed by atoms with Crippen LogP contribution in [0, 0.1) is 5.82 Å². The molecular formula is C16H15Cl2FO2. The van der Waals surface area contributed by atoms with Gasteiger partial charge in [0.1, 0.15) is 5.82 Å². The molecule has 0 unspecified atom stereocenters. The predicted molar refractivity (Wildman–Crippen MR) is 82.4 cm³/mol. The molecule has 5 heteroatoms. The van der Waals surface area contributed by atoms with Gasteiger partial charge in [0.05, 0.1) is 13.2 Å². The lowest BCUT2D eigenvalue weighted by Gasteiger charge is -2.31. The molecule has 0 aliphatic rings. The molecule has 0 radical (unpaired) electrons. The van der Waals surface area contributed by atoms with E-state index in [1.54, 1.807) is 24.3 Å². The average molecular weight is 329 g/mol. The summed E-state index contributed by atoms with van der Waals surface area (Å²) in [4.78, 5) is 0. The highest BCUT2D eigenvalue weighted by Gasteiger charge is 2.32. The summed E-state index contributed by atoms with van der Waals surface area (Å²) in [6, 6.07) is 11.0. The SMILES string of the molecule is OCC(CO)(Cc1cc(Cl)ccc1F)c1ccc(Cl)cc1. The van der Waals surface area contributed by atoms with E-state index >= 15 is 0 Å². The van der Waals surface area contributed by atoms with Gasteiger partial charge < -0.3 is 10.2 Å². The Kier molecular flexibility index (Phi) is 5.22. The second kappa shape index (κ2) is 6.75. The highest BCUT2D eigenvalue weighted by molar-refractivity contribution is 6.30. The molecule has 0 aromatic heterocycles. The Hall–Kier alpha value is -1.13. The monoisotopic (exact) mass is 328 g/mol. The van der Waals surface area contributed by atoms with Gasteiger partial charge in [-0.05, 0) is 47.9 Å². The first-order valence-electron chi connectivity index (χ1n) is 6.42. The van der Waals surface area contributed by atoms with Crippen molar-refractivity contribution < 1.29 is 14.6 Å². The number of halogens is 3. The van der Waals surface area contributed by atoms with Crippen molar-refractivity contribution >= 4 is 23.2 Å². The average Bonchev–Trinajstić information content (AvgIpc) is 2.49. The second-order valence-corrected chi connectivity index (χ2v) is 5.89. The zero-order valence-electron chi connectivity index (χ0n) is 11.2. The molecule has 0 bridgehead atoms. The van der Waals surface area contributed by atoms with E-state index in [2.05, 4.69) is 0 Å². The van der Waals surface area contributed by atoms with E-state index in [4.69, 9.17) is 23.2 Å². The molecule has 2 aromatic carbocycles. The Morgan fingerprint density at radius 1 is 0.905 bits per heavy atom. The van der Waals surface area contributed by atoms with Crippen molar-refractivity contribution in [1.29, 1.82) is 0 Å². The highest BCUT2D eigenvalue weighted by atomic mass is 35.5. The highest BCUT2D eigenvalue weighted by Crippen LogP contribution is 2.31. The zero-order valence-corrected chi connectivity index (χ0v) is 12.7. The van der Waals surface area contributed by atoms with Gasteiger partial charge in [0.2, 0.25) is 0 Å². The number of rotatable bonds is 5. The summed E-state index contributed by atoms with van der Waals surface area (Å²) in [5.74, 6) is -0.417. The Bertz CT molecular complexity index is 610. The van der Waals surface area contributed by atoms with Crippen LogP contribution in [0.2, 0.25) is 10.0 Å². The Labute approximate surface area is 132 Å². The zero-order chi connectivity index (χ0) is 15.5.